The molecule has 1 fully saturated rings. The Balaban J connectivity index is 1.92. The molecule has 0 aromatic heterocycles. The third-order valence-electron chi connectivity index (χ3n) is 3.92. The topological polar surface area (TPSA) is 95.7 Å². The maximum absolute atomic E-state index is 12.0. The quantitative estimate of drug-likeness (QED) is 0.390. The smallest absolute Gasteiger partial charge is 0.258 e. The summed E-state index contributed by atoms with van der Waals surface area (Å²) in [4.78, 5) is 23.3. The van der Waals surface area contributed by atoms with Gasteiger partial charge in [0.1, 0.15) is 0 Å². The maximum atomic E-state index is 12.0. The van der Waals surface area contributed by atoms with Crippen molar-refractivity contribution in [2.75, 3.05) is 5.73 Å². The molecule has 1 aromatic rings. The van der Waals surface area contributed by atoms with Crippen LogP contribution in [0.4, 0.5) is 5.69 Å². The number of imide groups is 1. The summed E-state index contributed by atoms with van der Waals surface area (Å²) in [6.07, 6.45) is 0.628. The molecular weight excluding hydrogens is 246 g/mol. The summed E-state index contributed by atoms with van der Waals surface area (Å²) in [5.74, 6) is -1.50. The molecule has 0 radical (unpaired) electrons. The predicted octanol–water partition coefficient (Wildman–Crippen LogP) is 0.568. The van der Waals surface area contributed by atoms with Gasteiger partial charge in [-0.15, -0.1) is 0 Å². The molecular formula is C13H15N3O3. The molecule has 6 nitrogen and oxygen atoms in total. The third-order valence-corrected chi connectivity index (χ3v) is 3.92. The number of rotatable bonds is 1. The van der Waals surface area contributed by atoms with E-state index in [4.69, 9.17) is 5.73 Å². The molecule has 2 aliphatic rings. The third kappa shape index (κ3) is 1.80. The van der Waals surface area contributed by atoms with Crippen LogP contribution in [0.5, 0.6) is 0 Å². The summed E-state index contributed by atoms with van der Waals surface area (Å²) in [6, 6.07) is 5.42. The molecule has 4 N–H and O–H groups in total. The lowest BCUT2D eigenvalue weighted by Gasteiger charge is -2.30. The molecule has 2 aliphatic heterocycles. The summed E-state index contributed by atoms with van der Waals surface area (Å²) in [7, 11) is 0. The van der Waals surface area contributed by atoms with Crippen LogP contribution in [-0.2, 0) is 16.1 Å². The van der Waals surface area contributed by atoms with Crippen LogP contribution in [0.25, 0.3) is 0 Å². The zero-order valence-corrected chi connectivity index (χ0v) is 10.3. The van der Waals surface area contributed by atoms with Gasteiger partial charge in [0.15, 0.2) is 0 Å². The largest absolute Gasteiger partial charge is 0.398 e. The minimum atomic E-state index is -0.538. The molecule has 0 saturated carbocycles. The SMILES string of the molecule is Nc1cccc2c1CNC2C1CCC(=O)N(O)C1=O. The normalized spacial score (nSPS) is 26.7. The number of benzene rings is 1. The highest BCUT2D eigenvalue weighted by Crippen LogP contribution is 2.38. The van der Waals surface area contributed by atoms with Crippen molar-refractivity contribution in [3.8, 4) is 0 Å². The zero-order chi connectivity index (χ0) is 13.6. The van der Waals surface area contributed by atoms with Crippen LogP contribution in [-0.4, -0.2) is 22.1 Å². The fourth-order valence-electron chi connectivity index (χ4n) is 2.90. The van der Waals surface area contributed by atoms with Gasteiger partial charge in [-0.25, -0.2) is 0 Å². The van der Waals surface area contributed by atoms with E-state index in [9.17, 15) is 14.8 Å². The molecule has 0 aliphatic carbocycles. The van der Waals surface area contributed by atoms with E-state index >= 15 is 0 Å². The molecule has 2 heterocycles. The first-order chi connectivity index (χ1) is 9.09. The number of carbonyl (C=O) groups is 2. The Kier molecular flexibility index (Phi) is 2.76. The maximum Gasteiger partial charge on any atom is 0.258 e. The second-order valence-electron chi connectivity index (χ2n) is 4.96. The highest BCUT2D eigenvalue weighted by atomic mass is 16.5. The van der Waals surface area contributed by atoms with Gasteiger partial charge in [0.05, 0.1) is 5.92 Å². The van der Waals surface area contributed by atoms with Gasteiger partial charge in [-0.1, -0.05) is 12.1 Å². The number of nitrogen functional groups attached to an aromatic ring is 1. The number of nitrogens with one attached hydrogen (secondary N) is 1. The van der Waals surface area contributed by atoms with Gasteiger partial charge < -0.3 is 11.1 Å². The highest BCUT2D eigenvalue weighted by molar-refractivity contribution is 5.97. The Labute approximate surface area is 110 Å². The standard InChI is InChI=1S/C13H15N3O3/c14-10-3-1-2-7-9(10)6-15-12(7)8-4-5-11(17)16(19)13(8)18/h1-3,8,12,15,19H,4-6,14H2. The van der Waals surface area contributed by atoms with E-state index < -0.39 is 17.7 Å². The van der Waals surface area contributed by atoms with Crippen LogP contribution in [0, 0.1) is 5.92 Å². The number of anilines is 1. The number of amides is 2. The van der Waals surface area contributed by atoms with Gasteiger partial charge in [-0.2, -0.15) is 5.06 Å². The number of carbonyl (C=O) groups excluding carboxylic acids is 2. The number of hydrogen-bond acceptors (Lipinski definition) is 5. The lowest BCUT2D eigenvalue weighted by Crippen LogP contribution is -2.46. The number of piperidine rings is 1. The number of nitrogens with two attached hydrogens (primary N) is 1. The van der Waals surface area contributed by atoms with Gasteiger partial charge in [0.2, 0.25) is 0 Å². The van der Waals surface area contributed by atoms with Crippen molar-refractivity contribution in [1.29, 1.82) is 0 Å². The van der Waals surface area contributed by atoms with E-state index in [0.29, 0.717) is 18.7 Å². The molecule has 100 valence electrons. The fraction of sp³-hybridized carbons (Fsp3) is 0.385. The number of hydroxylamine groups is 2. The van der Waals surface area contributed by atoms with Crippen LogP contribution in [0.2, 0.25) is 0 Å². The molecule has 1 saturated heterocycles. The van der Waals surface area contributed by atoms with Crippen LogP contribution >= 0.6 is 0 Å². The van der Waals surface area contributed by atoms with Gasteiger partial charge in [-0.3, -0.25) is 14.8 Å². The minimum absolute atomic E-state index is 0.183. The Bertz CT molecular complexity index is 558. The minimum Gasteiger partial charge on any atom is -0.398 e. The van der Waals surface area contributed by atoms with Crippen molar-refractivity contribution in [2.24, 2.45) is 5.92 Å². The van der Waals surface area contributed by atoms with E-state index in [1.165, 1.54) is 0 Å². The molecule has 1 aromatic carbocycles. The highest BCUT2D eigenvalue weighted by Gasteiger charge is 2.41. The van der Waals surface area contributed by atoms with Crippen molar-refractivity contribution in [2.45, 2.75) is 25.4 Å². The molecule has 19 heavy (non-hydrogen) atoms. The molecule has 3 rings (SSSR count). The van der Waals surface area contributed by atoms with Gasteiger partial charge in [0.25, 0.3) is 11.8 Å². The molecule has 2 amide bonds. The lowest BCUT2D eigenvalue weighted by molar-refractivity contribution is -0.188. The second kappa shape index (κ2) is 4.32. The van der Waals surface area contributed by atoms with Crippen LogP contribution in [0.1, 0.15) is 30.0 Å². The Hall–Kier alpha value is -1.92. The van der Waals surface area contributed by atoms with Crippen LogP contribution < -0.4 is 11.1 Å². The van der Waals surface area contributed by atoms with Crippen molar-refractivity contribution in [1.82, 2.24) is 10.4 Å². The monoisotopic (exact) mass is 261 g/mol. The zero-order valence-electron chi connectivity index (χ0n) is 10.3. The van der Waals surface area contributed by atoms with Crippen molar-refractivity contribution >= 4 is 17.5 Å². The molecule has 0 bridgehead atoms. The first kappa shape index (κ1) is 12.1. The first-order valence-corrected chi connectivity index (χ1v) is 6.26. The second-order valence-corrected chi connectivity index (χ2v) is 4.96. The van der Waals surface area contributed by atoms with Crippen LogP contribution in [0.3, 0.4) is 0 Å². The summed E-state index contributed by atoms with van der Waals surface area (Å²) in [5.41, 5.74) is 8.60. The van der Waals surface area contributed by atoms with E-state index in [1.807, 2.05) is 18.2 Å². The fourth-order valence-corrected chi connectivity index (χ4v) is 2.90. The van der Waals surface area contributed by atoms with Crippen LogP contribution in [0.15, 0.2) is 18.2 Å². The summed E-state index contributed by atoms with van der Waals surface area (Å²) < 4.78 is 0. The summed E-state index contributed by atoms with van der Waals surface area (Å²) in [5, 5.41) is 13.0. The van der Waals surface area contributed by atoms with Gasteiger partial charge >= 0.3 is 0 Å². The predicted molar refractivity (Wildman–Crippen MR) is 66.8 cm³/mol. The first-order valence-electron chi connectivity index (χ1n) is 6.26. The Morgan fingerprint density at radius 3 is 2.95 bits per heavy atom. The summed E-state index contributed by atoms with van der Waals surface area (Å²) >= 11 is 0. The van der Waals surface area contributed by atoms with Gasteiger partial charge in [-0.05, 0) is 23.6 Å². The molecule has 0 spiro atoms. The number of hydrogen-bond donors (Lipinski definition) is 3. The number of fused-ring (bicyclic) bond motifs is 1. The Morgan fingerprint density at radius 1 is 1.37 bits per heavy atom. The van der Waals surface area contributed by atoms with Crippen molar-refractivity contribution in [3.63, 3.8) is 0 Å². The van der Waals surface area contributed by atoms with E-state index in [-0.39, 0.29) is 17.5 Å². The molecule has 6 heteroatoms. The average Bonchev–Trinajstić information content (AvgIpc) is 2.82. The van der Waals surface area contributed by atoms with Crippen molar-refractivity contribution in [3.05, 3.63) is 29.3 Å². The van der Waals surface area contributed by atoms with E-state index in [2.05, 4.69) is 5.32 Å². The van der Waals surface area contributed by atoms with Crippen molar-refractivity contribution < 1.29 is 14.8 Å². The Morgan fingerprint density at radius 2 is 2.16 bits per heavy atom. The number of nitrogens with zero attached hydrogens (tertiary/aromatic N) is 1. The molecule has 2 atom stereocenters. The summed E-state index contributed by atoms with van der Waals surface area (Å²) in [6.45, 7) is 0.607. The average molecular weight is 261 g/mol. The van der Waals surface area contributed by atoms with Gasteiger partial charge in [0, 0.05) is 24.7 Å². The molecule has 2 unspecified atom stereocenters. The van der Waals surface area contributed by atoms with E-state index in [1.54, 1.807) is 0 Å². The lowest BCUT2D eigenvalue weighted by atomic mass is 9.86. The van der Waals surface area contributed by atoms with E-state index in [0.717, 1.165) is 11.1 Å².